The summed E-state index contributed by atoms with van der Waals surface area (Å²) in [6.45, 7) is 5.42. The Labute approximate surface area is 185 Å². The van der Waals surface area contributed by atoms with E-state index in [1.165, 1.54) is 11.1 Å². The summed E-state index contributed by atoms with van der Waals surface area (Å²) in [7, 11) is 0. The average molecular weight is 426 g/mol. The number of benzene rings is 2. The number of carboxylic acids is 1. The topological polar surface area (TPSA) is 75.6 Å². The van der Waals surface area contributed by atoms with Crippen LogP contribution in [0.4, 0.5) is 4.79 Å². The molecule has 0 heterocycles. The highest BCUT2D eigenvalue weighted by Crippen LogP contribution is 2.31. The third kappa shape index (κ3) is 8.83. The third-order valence-electron chi connectivity index (χ3n) is 5.35. The van der Waals surface area contributed by atoms with Crippen molar-refractivity contribution in [1.82, 2.24) is 5.32 Å². The number of amides is 1. The molecule has 0 aliphatic rings. The molecule has 0 aliphatic carbocycles. The summed E-state index contributed by atoms with van der Waals surface area (Å²) in [5, 5.41) is 12.9. The zero-order chi connectivity index (χ0) is 22.7. The van der Waals surface area contributed by atoms with Gasteiger partial charge >= 0.3 is 12.1 Å². The molecule has 2 N–H and O–H groups in total. The van der Waals surface area contributed by atoms with Gasteiger partial charge in [0, 0.05) is 6.54 Å². The van der Waals surface area contributed by atoms with E-state index in [-0.39, 0.29) is 6.54 Å². The monoisotopic (exact) mass is 425 g/mol. The molecule has 0 atom stereocenters. The highest BCUT2D eigenvalue weighted by molar-refractivity contribution is 5.76. The quantitative estimate of drug-likeness (QED) is 0.489. The zero-order valence-corrected chi connectivity index (χ0v) is 18.9. The van der Waals surface area contributed by atoms with Crippen molar-refractivity contribution < 1.29 is 19.4 Å². The van der Waals surface area contributed by atoms with Gasteiger partial charge in [0.15, 0.2) is 0 Å². The average Bonchev–Trinajstić information content (AvgIpc) is 2.72. The van der Waals surface area contributed by atoms with Gasteiger partial charge < -0.3 is 15.2 Å². The lowest BCUT2D eigenvalue weighted by Gasteiger charge is -2.30. The summed E-state index contributed by atoms with van der Waals surface area (Å²) in [5.74, 6) is -0.871. The predicted molar refractivity (Wildman–Crippen MR) is 123 cm³/mol. The molecule has 0 saturated carbocycles. The maximum Gasteiger partial charge on any atom is 0.407 e. The van der Waals surface area contributed by atoms with Crippen LogP contribution in [0.5, 0.6) is 0 Å². The van der Waals surface area contributed by atoms with E-state index in [1.807, 2.05) is 36.4 Å². The van der Waals surface area contributed by atoms with Crippen LogP contribution in [0.15, 0.2) is 60.7 Å². The van der Waals surface area contributed by atoms with Crippen molar-refractivity contribution in [3.63, 3.8) is 0 Å². The standard InChI is InChI=1S/C26H35NO4/c1-25(2,3)31-24(30)27-20-26(23(28)29,18-10-16-21-12-6-4-7-13-21)19-11-17-22-14-8-5-9-15-22/h4-9,12-15H,10-11,16-20H2,1-3H3,(H,27,30)(H,28,29). The molecule has 0 aromatic heterocycles. The van der Waals surface area contributed by atoms with Crippen molar-refractivity contribution in [3.05, 3.63) is 71.8 Å². The van der Waals surface area contributed by atoms with E-state index in [4.69, 9.17) is 4.74 Å². The zero-order valence-electron chi connectivity index (χ0n) is 18.9. The molecule has 0 unspecified atom stereocenters. The Kier molecular flexibility index (Phi) is 9.10. The first-order valence-electron chi connectivity index (χ1n) is 11.0. The molecule has 31 heavy (non-hydrogen) atoms. The minimum atomic E-state index is -1.03. The summed E-state index contributed by atoms with van der Waals surface area (Å²) < 4.78 is 5.32. The van der Waals surface area contributed by atoms with E-state index < -0.39 is 23.1 Å². The van der Waals surface area contributed by atoms with Crippen molar-refractivity contribution in [2.24, 2.45) is 5.41 Å². The fraction of sp³-hybridized carbons (Fsp3) is 0.462. The van der Waals surface area contributed by atoms with Crippen molar-refractivity contribution >= 4 is 12.1 Å². The smallest absolute Gasteiger partial charge is 0.407 e. The second-order valence-corrected chi connectivity index (χ2v) is 9.12. The van der Waals surface area contributed by atoms with Crippen LogP contribution in [0.3, 0.4) is 0 Å². The summed E-state index contributed by atoms with van der Waals surface area (Å²) in [6.07, 6.45) is 3.48. The maximum absolute atomic E-state index is 12.4. The van der Waals surface area contributed by atoms with Gasteiger partial charge in [0.05, 0.1) is 5.41 Å². The minimum Gasteiger partial charge on any atom is -0.481 e. The summed E-state index contributed by atoms with van der Waals surface area (Å²) in [4.78, 5) is 24.6. The highest BCUT2D eigenvalue weighted by atomic mass is 16.6. The SMILES string of the molecule is CC(C)(C)OC(=O)NCC(CCCc1ccccc1)(CCCc1ccccc1)C(=O)O. The minimum absolute atomic E-state index is 0.0564. The lowest BCUT2D eigenvalue weighted by atomic mass is 9.77. The van der Waals surface area contributed by atoms with Crippen LogP contribution in [-0.2, 0) is 22.4 Å². The number of alkyl carbamates (subject to hydrolysis) is 1. The van der Waals surface area contributed by atoms with Gasteiger partial charge in [-0.2, -0.15) is 0 Å². The first-order chi connectivity index (χ1) is 14.7. The number of aliphatic carboxylic acids is 1. The van der Waals surface area contributed by atoms with Gasteiger partial charge in [0.2, 0.25) is 0 Å². The molecule has 0 bridgehead atoms. The second-order valence-electron chi connectivity index (χ2n) is 9.12. The third-order valence-corrected chi connectivity index (χ3v) is 5.35. The van der Waals surface area contributed by atoms with Crippen LogP contribution in [0.2, 0.25) is 0 Å². The second kappa shape index (κ2) is 11.5. The van der Waals surface area contributed by atoms with E-state index >= 15 is 0 Å². The van der Waals surface area contributed by atoms with Gasteiger partial charge in [-0.3, -0.25) is 4.79 Å². The Morgan fingerprint density at radius 1 is 0.839 bits per heavy atom. The Morgan fingerprint density at radius 3 is 1.68 bits per heavy atom. The fourth-order valence-electron chi connectivity index (χ4n) is 3.70. The van der Waals surface area contributed by atoms with Gasteiger partial charge in [-0.05, 0) is 70.4 Å². The molecular formula is C26H35NO4. The van der Waals surface area contributed by atoms with Crippen molar-refractivity contribution in [2.75, 3.05) is 6.54 Å². The van der Waals surface area contributed by atoms with Crippen LogP contribution < -0.4 is 5.32 Å². The summed E-state index contributed by atoms with van der Waals surface area (Å²) >= 11 is 0. The van der Waals surface area contributed by atoms with Crippen molar-refractivity contribution in [1.29, 1.82) is 0 Å². The molecule has 1 amide bonds. The number of aryl methyl sites for hydroxylation is 2. The molecular weight excluding hydrogens is 390 g/mol. The molecule has 0 aliphatic heterocycles. The van der Waals surface area contributed by atoms with E-state index in [0.29, 0.717) is 12.8 Å². The molecule has 5 heteroatoms. The Hall–Kier alpha value is -2.82. The van der Waals surface area contributed by atoms with Crippen LogP contribution in [-0.4, -0.2) is 29.3 Å². The normalized spacial score (nSPS) is 11.7. The molecule has 0 fully saturated rings. The lowest BCUT2D eigenvalue weighted by molar-refractivity contribution is -0.149. The van der Waals surface area contributed by atoms with Gasteiger partial charge in [-0.25, -0.2) is 4.79 Å². The molecule has 0 spiro atoms. The molecule has 0 saturated heterocycles. The van der Waals surface area contributed by atoms with E-state index in [0.717, 1.165) is 25.7 Å². The summed E-state index contributed by atoms with van der Waals surface area (Å²) in [5.41, 5.74) is 0.717. The molecule has 2 aromatic rings. The van der Waals surface area contributed by atoms with Gasteiger partial charge in [-0.15, -0.1) is 0 Å². The Balaban J connectivity index is 2.05. The van der Waals surface area contributed by atoms with Crippen LogP contribution in [0, 0.1) is 5.41 Å². The van der Waals surface area contributed by atoms with E-state index in [1.54, 1.807) is 20.8 Å². The number of hydrogen-bond acceptors (Lipinski definition) is 3. The van der Waals surface area contributed by atoms with Gasteiger partial charge in [0.1, 0.15) is 5.60 Å². The van der Waals surface area contributed by atoms with Crippen LogP contribution in [0.25, 0.3) is 0 Å². The number of nitrogens with one attached hydrogen (secondary N) is 1. The predicted octanol–water partition coefficient (Wildman–Crippen LogP) is 5.63. The fourth-order valence-corrected chi connectivity index (χ4v) is 3.70. The molecule has 2 rings (SSSR count). The number of carboxylic acid groups (broad SMARTS) is 1. The molecule has 2 aromatic carbocycles. The number of rotatable bonds is 11. The maximum atomic E-state index is 12.4. The number of carbonyl (C=O) groups is 2. The van der Waals surface area contributed by atoms with Crippen LogP contribution in [0.1, 0.15) is 57.6 Å². The molecule has 168 valence electrons. The summed E-state index contributed by atoms with van der Waals surface area (Å²) in [6, 6.07) is 20.1. The van der Waals surface area contributed by atoms with Gasteiger partial charge in [0.25, 0.3) is 0 Å². The first-order valence-corrected chi connectivity index (χ1v) is 11.0. The number of hydrogen-bond donors (Lipinski definition) is 2. The Bertz CT molecular complexity index is 767. The van der Waals surface area contributed by atoms with E-state index in [9.17, 15) is 14.7 Å². The first kappa shape index (κ1) is 24.4. The van der Waals surface area contributed by atoms with E-state index in [2.05, 4.69) is 29.6 Å². The van der Waals surface area contributed by atoms with Crippen molar-refractivity contribution in [3.8, 4) is 0 Å². The van der Waals surface area contributed by atoms with Crippen LogP contribution >= 0.6 is 0 Å². The lowest BCUT2D eigenvalue weighted by Crippen LogP contribution is -2.44. The number of ether oxygens (including phenoxy) is 1. The largest absolute Gasteiger partial charge is 0.481 e. The number of carbonyl (C=O) groups excluding carboxylic acids is 1. The molecule has 0 radical (unpaired) electrons. The van der Waals surface area contributed by atoms with Gasteiger partial charge in [-0.1, -0.05) is 60.7 Å². The molecule has 5 nitrogen and oxygen atoms in total. The highest BCUT2D eigenvalue weighted by Gasteiger charge is 2.38. The van der Waals surface area contributed by atoms with Crippen molar-refractivity contribution in [2.45, 2.75) is 64.9 Å². The Morgan fingerprint density at radius 2 is 1.29 bits per heavy atom.